The van der Waals surface area contributed by atoms with Gasteiger partial charge in [0.2, 0.25) is 0 Å². The van der Waals surface area contributed by atoms with Crippen LogP contribution in [0.15, 0.2) is 127 Å². The van der Waals surface area contributed by atoms with Crippen LogP contribution in [0.1, 0.15) is 100 Å². The highest BCUT2D eigenvalue weighted by Gasteiger charge is 2.54. The third-order valence-electron chi connectivity index (χ3n) is 14.2. The number of hydrogen-bond donors (Lipinski definition) is 0. The van der Waals surface area contributed by atoms with Crippen molar-refractivity contribution in [3.05, 3.63) is 144 Å². The molecule has 3 saturated carbocycles. The van der Waals surface area contributed by atoms with Gasteiger partial charge in [-0.3, -0.25) is 0 Å². The molecule has 0 heterocycles. The Balaban J connectivity index is 0.886. The van der Waals surface area contributed by atoms with Crippen LogP contribution in [0.5, 0.6) is 23.0 Å². The van der Waals surface area contributed by atoms with E-state index in [1.807, 2.05) is 18.2 Å². The molecule has 9 atom stereocenters. The lowest BCUT2D eigenvalue weighted by Gasteiger charge is -2.32. The molecule has 9 rings (SSSR count). The van der Waals surface area contributed by atoms with Crippen LogP contribution in [0.25, 0.3) is 21.5 Å². The summed E-state index contributed by atoms with van der Waals surface area (Å²) in [6.45, 7) is 5.30. The van der Waals surface area contributed by atoms with Crippen LogP contribution in [-0.4, -0.2) is 18.9 Å². The van der Waals surface area contributed by atoms with Gasteiger partial charge in [-0.15, -0.1) is 0 Å². The first-order chi connectivity index (χ1) is 28.5. The summed E-state index contributed by atoms with van der Waals surface area (Å²) >= 11 is 0. The summed E-state index contributed by atoms with van der Waals surface area (Å²) in [5.41, 5.74) is 3.70. The normalized spacial score (nSPS) is 23.2. The van der Waals surface area contributed by atoms with E-state index in [0.717, 1.165) is 71.6 Å². The molecule has 306 valence electrons. The van der Waals surface area contributed by atoms with Gasteiger partial charge < -0.3 is 14.2 Å². The van der Waals surface area contributed by atoms with Crippen LogP contribution in [-0.2, 0) is 0 Å². The third-order valence-corrected chi connectivity index (χ3v) is 14.2. The highest BCUT2D eigenvalue weighted by Crippen LogP contribution is 2.59. The van der Waals surface area contributed by atoms with Gasteiger partial charge in [0.15, 0.2) is 0 Å². The van der Waals surface area contributed by atoms with E-state index in [9.17, 15) is 13.2 Å². The minimum absolute atomic E-state index is 0.218. The molecule has 9 unspecified atom stereocenters. The number of hydrogen-bond acceptors (Lipinski definition) is 3. The van der Waals surface area contributed by atoms with Gasteiger partial charge >= 0.3 is 6.18 Å². The molecule has 3 aliphatic carbocycles. The molecule has 0 aromatic heterocycles. The maximum absolute atomic E-state index is 13.1. The van der Waals surface area contributed by atoms with Crippen LogP contribution in [0.2, 0.25) is 0 Å². The van der Waals surface area contributed by atoms with Crippen molar-refractivity contribution in [2.24, 2.45) is 29.6 Å². The van der Waals surface area contributed by atoms with Crippen LogP contribution in [0.4, 0.5) is 13.2 Å². The van der Waals surface area contributed by atoms with Crippen molar-refractivity contribution in [1.82, 2.24) is 0 Å². The summed E-state index contributed by atoms with van der Waals surface area (Å²) in [7, 11) is 0. The van der Waals surface area contributed by atoms with Gasteiger partial charge in [0, 0.05) is 0 Å². The molecule has 3 aliphatic rings. The zero-order valence-electron chi connectivity index (χ0n) is 34.3. The first kappa shape index (κ1) is 39.5. The first-order valence-corrected chi connectivity index (χ1v) is 21.8. The van der Waals surface area contributed by atoms with Crippen LogP contribution in [0.3, 0.4) is 0 Å². The van der Waals surface area contributed by atoms with Crippen LogP contribution in [0, 0.1) is 29.6 Å². The molecular formula is C53H55F3O3. The van der Waals surface area contributed by atoms with Crippen molar-refractivity contribution in [2.75, 3.05) is 6.61 Å². The van der Waals surface area contributed by atoms with Gasteiger partial charge in [-0.25, -0.2) is 0 Å². The smallest absolute Gasteiger partial charge is 0.394 e. The van der Waals surface area contributed by atoms with E-state index >= 15 is 0 Å². The molecule has 6 aromatic rings. The summed E-state index contributed by atoms with van der Waals surface area (Å²) in [6.07, 6.45) is 4.70. The number of halogens is 3. The lowest BCUT2D eigenvalue weighted by atomic mass is 9.79. The SMILES string of the molecule is CC(CC(CC(C)c1ccc(Oc2ccc3cc4ccccc4cc3c2)cc1)c1ccc(OC2CC3CC2C2CCCC32)cc1)c1ccc(OCC(C)C(F)(F)F)cc1. The van der Waals surface area contributed by atoms with Crippen molar-refractivity contribution in [3.8, 4) is 23.0 Å². The second kappa shape index (κ2) is 16.6. The molecule has 2 bridgehead atoms. The molecular weight excluding hydrogens is 742 g/mol. The highest BCUT2D eigenvalue weighted by atomic mass is 19.4. The maximum atomic E-state index is 13.1. The Kier molecular flexibility index (Phi) is 11.1. The average molecular weight is 797 g/mol. The Morgan fingerprint density at radius 1 is 0.559 bits per heavy atom. The van der Waals surface area contributed by atoms with Crippen molar-refractivity contribution >= 4 is 21.5 Å². The summed E-state index contributed by atoms with van der Waals surface area (Å²) in [5, 5.41) is 4.78. The monoisotopic (exact) mass is 796 g/mol. The fourth-order valence-electron chi connectivity index (χ4n) is 10.8. The number of rotatable bonds is 14. The highest BCUT2D eigenvalue weighted by molar-refractivity contribution is 5.98. The van der Waals surface area contributed by atoms with E-state index in [1.54, 1.807) is 12.1 Å². The largest absolute Gasteiger partial charge is 0.493 e. The average Bonchev–Trinajstić information content (AvgIpc) is 3.98. The van der Waals surface area contributed by atoms with Gasteiger partial charge in [0.05, 0.1) is 12.5 Å². The topological polar surface area (TPSA) is 27.7 Å². The van der Waals surface area contributed by atoms with Crippen LogP contribution < -0.4 is 14.2 Å². The minimum Gasteiger partial charge on any atom is -0.493 e. The Bertz CT molecular complexity index is 2350. The first-order valence-electron chi connectivity index (χ1n) is 21.8. The molecule has 3 nitrogen and oxygen atoms in total. The van der Waals surface area contributed by atoms with Crippen LogP contribution >= 0.6 is 0 Å². The fourth-order valence-corrected chi connectivity index (χ4v) is 10.8. The van der Waals surface area contributed by atoms with Gasteiger partial charge in [-0.2, -0.15) is 13.2 Å². The molecule has 0 saturated heterocycles. The molecule has 0 aliphatic heterocycles. The molecule has 0 spiro atoms. The van der Waals surface area contributed by atoms with Crippen molar-refractivity contribution in [3.63, 3.8) is 0 Å². The summed E-state index contributed by atoms with van der Waals surface area (Å²) in [6, 6.07) is 44.2. The predicted molar refractivity (Wildman–Crippen MR) is 232 cm³/mol. The number of alkyl halides is 3. The Morgan fingerprint density at radius 2 is 1.12 bits per heavy atom. The lowest BCUT2D eigenvalue weighted by molar-refractivity contribution is -0.176. The van der Waals surface area contributed by atoms with E-state index < -0.39 is 18.7 Å². The van der Waals surface area contributed by atoms with Crippen molar-refractivity contribution in [1.29, 1.82) is 0 Å². The Hall–Kier alpha value is -4.97. The van der Waals surface area contributed by atoms with Gasteiger partial charge in [0.1, 0.15) is 29.1 Å². The lowest BCUT2D eigenvalue weighted by Crippen LogP contribution is -2.32. The fraction of sp³-hybridized carbons (Fsp3) is 0.396. The second-order valence-corrected chi connectivity index (χ2v) is 18.1. The summed E-state index contributed by atoms with van der Waals surface area (Å²) in [4.78, 5) is 0. The van der Waals surface area contributed by atoms with E-state index in [4.69, 9.17) is 14.2 Å². The van der Waals surface area contributed by atoms with Crippen molar-refractivity contribution < 1.29 is 27.4 Å². The quantitative estimate of drug-likeness (QED) is 0.103. The van der Waals surface area contributed by atoms with Gasteiger partial charge in [-0.1, -0.05) is 93.9 Å². The molecule has 59 heavy (non-hydrogen) atoms. The Morgan fingerprint density at radius 3 is 1.78 bits per heavy atom. The second-order valence-electron chi connectivity index (χ2n) is 18.1. The number of benzene rings is 6. The van der Waals surface area contributed by atoms with Gasteiger partial charge in [0.25, 0.3) is 0 Å². The van der Waals surface area contributed by atoms with E-state index in [-0.39, 0.29) is 17.8 Å². The predicted octanol–water partition coefficient (Wildman–Crippen LogP) is 15.0. The third kappa shape index (κ3) is 8.69. The van der Waals surface area contributed by atoms with Crippen molar-refractivity contribution in [2.45, 2.75) is 95.8 Å². The minimum atomic E-state index is -4.27. The van der Waals surface area contributed by atoms with Gasteiger partial charge in [-0.05, 0) is 179 Å². The zero-order chi connectivity index (χ0) is 40.7. The molecule has 3 fully saturated rings. The molecule has 0 radical (unpaired) electrons. The van der Waals surface area contributed by atoms with E-state index in [2.05, 4.69) is 111 Å². The molecule has 0 amide bonds. The number of ether oxygens (including phenoxy) is 3. The molecule has 6 aromatic carbocycles. The summed E-state index contributed by atoms with van der Waals surface area (Å²) < 4.78 is 57.8. The zero-order valence-corrected chi connectivity index (χ0v) is 34.3. The summed E-state index contributed by atoms with van der Waals surface area (Å²) in [5.74, 6) is 5.69. The number of fused-ring (bicyclic) bond motifs is 7. The standard InChI is InChI=1S/C53H55F3O3/c1-33(36-11-18-45(19-12-36)57-32-35(3)53(54,55)56)25-42(38-15-22-47(23-16-38)59-52-31-44-30-51(52)50-10-6-9-49(44)50)26-34(2)37-13-20-46(21-14-37)58-48-24-17-41-27-39-7-4-5-8-40(39)28-43(41)29-48/h4-5,7-8,11-24,27-29,33-35,42,44,49-52H,6,9-10,25-26,30-32H2,1-3H3. The van der Waals surface area contributed by atoms with E-state index in [0.29, 0.717) is 11.9 Å². The Labute approximate surface area is 346 Å². The van der Waals surface area contributed by atoms with E-state index in [1.165, 1.54) is 59.4 Å². The maximum Gasteiger partial charge on any atom is 0.394 e. The molecule has 6 heteroatoms. The molecule has 0 N–H and O–H groups in total.